The van der Waals surface area contributed by atoms with E-state index in [9.17, 15) is 0 Å². The number of likely N-dealkylation sites (tertiary alicyclic amines) is 2. The van der Waals surface area contributed by atoms with E-state index in [1.807, 2.05) is 7.05 Å². The van der Waals surface area contributed by atoms with Crippen LogP contribution in [0.15, 0.2) is 29.3 Å². The van der Waals surface area contributed by atoms with Crippen molar-refractivity contribution in [1.82, 2.24) is 20.4 Å². The van der Waals surface area contributed by atoms with E-state index in [4.69, 9.17) is 0 Å². The van der Waals surface area contributed by atoms with Crippen LogP contribution in [0.1, 0.15) is 50.2 Å². The maximum atomic E-state index is 4.47. The maximum absolute atomic E-state index is 4.47. The number of hydrogen-bond acceptors (Lipinski definition) is 3. The van der Waals surface area contributed by atoms with Gasteiger partial charge in [0.25, 0.3) is 0 Å². The third kappa shape index (κ3) is 7.31. The van der Waals surface area contributed by atoms with Gasteiger partial charge in [-0.1, -0.05) is 36.8 Å². The van der Waals surface area contributed by atoms with E-state index in [2.05, 4.69) is 63.5 Å². The predicted molar refractivity (Wildman–Crippen MR) is 123 cm³/mol. The molecule has 3 rings (SSSR count). The second kappa shape index (κ2) is 11.6. The Bertz CT molecular complexity index is 611. The molecule has 0 spiro atoms. The standard InChI is InChI=1S/C24H41N5/c1-4-13-28-16-11-23(12-17-28)27-24(25-3)26-18-21-9-14-29(15-10-21)19-22-7-5-20(2)6-8-22/h5-8,21,23H,4,9-19H2,1-3H3,(H2,25,26,27). The molecule has 0 aliphatic carbocycles. The Morgan fingerprint density at radius 1 is 1.00 bits per heavy atom. The molecule has 5 nitrogen and oxygen atoms in total. The third-order valence-electron chi connectivity index (χ3n) is 6.48. The number of nitrogens with one attached hydrogen (secondary N) is 2. The molecule has 0 unspecified atom stereocenters. The first-order valence-corrected chi connectivity index (χ1v) is 11.6. The summed E-state index contributed by atoms with van der Waals surface area (Å²) in [5.41, 5.74) is 2.77. The van der Waals surface area contributed by atoms with Gasteiger partial charge in [-0.2, -0.15) is 0 Å². The monoisotopic (exact) mass is 399 g/mol. The van der Waals surface area contributed by atoms with Gasteiger partial charge >= 0.3 is 0 Å². The van der Waals surface area contributed by atoms with Crippen molar-refractivity contribution in [2.24, 2.45) is 10.9 Å². The van der Waals surface area contributed by atoms with Crippen molar-refractivity contribution in [1.29, 1.82) is 0 Å². The first-order chi connectivity index (χ1) is 14.2. The van der Waals surface area contributed by atoms with Gasteiger partial charge in [-0.15, -0.1) is 0 Å². The van der Waals surface area contributed by atoms with E-state index < -0.39 is 0 Å². The van der Waals surface area contributed by atoms with Crippen LogP contribution in [0.5, 0.6) is 0 Å². The molecule has 2 aliphatic heterocycles. The Morgan fingerprint density at radius 3 is 2.28 bits per heavy atom. The van der Waals surface area contributed by atoms with Crippen LogP contribution in [0.4, 0.5) is 0 Å². The zero-order chi connectivity index (χ0) is 20.5. The second-order valence-electron chi connectivity index (χ2n) is 8.92. The summed E-state index contributed by atoms with van der Waals surface area (Å²) in [4.78, 5) is 9.65. The van der Waals surface area contributed by atoms with Crippen LogP contribution in [-0.4, -0.2) is 68.1 Å². The Balaban J connectivity index is 1.33. The highest BCUT2D eigenvalue weighted by Crippen LogP contribution is 2.19. The normalized spacial score (nSPS) is 20.7. The summed E-state index contributed by atoms with van der Waals surface area (Å²) < 4.78 is 0. The number of aliphatic imine (C=N–C) groups is 1. The van der Waals surface area contributed by atoms with E-state index >= 15 is 0 Å². The first kappa shape index (κ1) is 22.1. The van der Waals surface area contributed by atoms with Gasteiger partial charge in [0.1, 0.15) is 0 Å². The number of piperidine rings is 2. The van der Waals surface area contributed by atoms with E-state index in [1.54, 1.807) is 0 Å². The van der Waals surface area contributed by atoms with E-state index in [1.165, 1.54) is 76.0 Å². The van der Waals surface area contributed by atoms with Crippen LogP contribution in [0, 0.1) is 12.8 Å². The molecule has 0 aromatic heterocycles. The van der Waals surface area contributed by atoms with Crippen LogP contribution >= 0.6 is 0 Å². The van der Waals surface area contributed by atoms with Crippen molar-refractivity contribution in [2.45, 2.75) is 58.5 Å². The summed E-state index contributed by atoms with van der Waals surface area (Å²) in [6.07, 6.45) is 6.23. The molecule has 2 heterocycles. The number of hydrogen-bond donors (Lipinski definition) is 2. The topological polar surface area (TPSA) is 42.9 Å². The molecule has 1 aromatic carbocycles. The van der Waals surface area contributed by atoms with E-state index in [-0.39, 0.29) is 0 Å². The third-order valence-corrected chi connectivity index (χ3v) is 6.48. The molecule has 5 heteroatoms. The van der Waals surface area contributed by atoms with Crippen LogP contribution in [0.3, 0.4) is 0 Å². The summed E-state index contributed by atoms with van der Waals surface area (Å²) in [5, 5.41) is 7.26. The Hall–Kier alpha value is -1.59. The fourth-order valence-electron chi connectivity index (χ4n) is 4.55. The summed E-state index contributed by atoms with van der Waals surface area (Å²) >= 11 is 0. The SMILES string of the molecule is CCCN1CCC(NC(=NC)NCC2CCN(Cc3ccc(C)cc3)CC2)CC1. The lowest BCUT2D eigenvalue weighted by Crippen LogP contribution is -2.50. The lowest BCUT2D eigenvalue weighted by atomic mass is 9.96. The van der Waals surface area contributed by atoms with Crippen molar-refractivity contribution >= 4 is 5.96 Å². The number of nitrogens with zero attached hydrogens (tertiary/aromatic N) is 3. The fourth-order valence-corrected chi connectivity index (χ4v) is 4.55. The molecule has 2 N–H and O–H groups in total. The smallest absolute Gasteiger partial charge is 0.191 e. The lowest BCUT2D eigenvalue weighted by Gasteiger charge is -2.34. The number of rotatable bonds is 7. The molecule has 0 saturated carbocycles. The minimum absolute atomic E-state index is 0.561. The average Bonchev–Trinajstić information content (AvgIpc) is 2.75. The summed E-state index contributed by atoms with van der Waals surface area (Å²) in [7, 11) is 1.89. The van der Waals surface area contributed by atoms with E-state index in [0.29, 0.717) is 6.04 Å². The van der Waals surface area contributed by atoms with E-state index in [0.717, 1.165) is 25.0 Å². The fraction of sp³-hybridized carbons (Fsp3) is 0.708. The molecule has 29 heavy (non-hydrogen) atoms. The molecule has 2 fully saturated rings. The van der Waals surface area contributed by atoms with Crippen molar-refractivity contribution in [3.63, 3.8) is 0 Å². The molecule has 2 aliphatic rings. The molecule has 0 atom stereocenters. The molecule has 0 amide bonds. The summed E-state index contributed by atoms with van der Waals surface area (Å²) in [5.74, 6) is 1.73. The molecule has 0 radical (unpaired) electrons. The summed E-state index contributed by atoms with van der Waals surface area (Å²) in [6, 6.07) is 9.54. The lowest BCUT2D eigenvalue weighted by molar-refractivity contribution is 0.177. The highest BCUT2D eigenvalue weighted by Gasteiger charge is 2.21. The highest BCUT2D eigenvalue weighted by atomic mass is 15.2. The van der Waals surface area contributed by atoms with Gasteiger partial charge in [0.15, 0.2) is 5.96 Å². The van der Waals surface area contributed by atoms with Crippen LogP contribution in [0.25, 0.3) is 0 Å². The van der Waals surface area contributed by atoms with Gasteiger partial charge in [-0.25, -0.2) is 0 Å². The van der Waals surface area contributed by atoms with Crippen molar-refractivity contribution in [3.8, 4) is 0 Å². The zero-order valence-corrected chi connectivity index (χ0v) is 18.8. The van der Waals surface area contributed by atoms with Gasteiger partial charge < -0.3 is 15.5 Å². The Morgan fingerprint density at radius 2 is 1.66 bits per heavy atom. The molecular formula is C24H41N5. The molecule has 0 bridgehead atoms. The average molecular weight is 400 g/mol. The van der Waals surface area contributed by atoms with Crippen LogP contribution in [0.2, 0.25) is 0 Å². The number of guanidine groups is 1. The Labute approximate surface area is 178 Å². The van der Waals surface area contributed by atoms with Gasteiger partial charge in [0.05, 0.1) is 0 Å². The Kier molecular flexibility index (Phi) is 8.81. The minimum atomic E-state index is 0.561. The van der Waals surface area contributed by atoms with Crippen molar-refractivity contribution < 1.29 is 0 Å². The maximum Gasteiger partial charge on any atom is 0.191 e. The molecular weight excluding hydrogens is 358 g/mol. The van der Waals surface area contributed by atoms with Crippen molar-refractivity contribution in [3.05, 3.63) is 35.4 Å². The van der Waals surface area contributed by atoms with Crippen LogP contribution in [-0.2, 0) is 6.54 Å². The molecule has 2 saturated heterocycles. The predicted octanol–water partition coefficient (Wildman–Crippen LogP) is 3.25. The first-order valence-electron chi connectivity index (χ1n) is 11.6. The highest BCUT2D eigenvalue weighted by molar-refractivity contribution is 5.79. The quantitative estimate of drug-likeness (QED) is 0.546. The van der Waals surface area contributed by atoms with Gasteiger partial charge in [0, 0.05) is 39.3 Å². The largest absolute Gasteiger partial charge is 0.356 e. The minimum Gasteiger partial charge on any atom is -0.356 e. The van der Waals surface area contributed by atoms with Gasteiger partial charge in [-0.3, -0.25) is 9.89 Å². The van der Waals surface area contributed by atoms with Crippen molar-refractivity contribution in [2.75, 3.05) is 46.3 Å². The molecule has 1 aromatic rings. The summed E-state index contributed by atoms with van der Waals surface area (Å²) in [6.45, 7) is 12.6. The zero-order valence-electron chi connectivity index (χ0n) is 18.8. The molecule has 162 valence electrons. The van der Waals surface area contributed by atoms with Crippen LogP contribution < -0.4 is 10.6 Å². The second-order valence-corrected chi connectivity index (χ2v) is 8.92. The van der Waals surface area contributed by atoms with Gasteiger partial charge in [-0.05, 0) is 70.1 Å². The number of benzene rings is 1. The van der Waals surface area contributed by atoms with Gasteiger partial charge in [0.2, 0.25) is 0 Å². The number of aryl methyl sites for hydroxylation is 1.